The highest BCUT2D eigenvalue weighted by molar-refractivity contribution is 6.34. The van der Waals surface area contributed by atoms with E-state index in [2.05, 4.69) is 9.97 Å². The number of rotatable bonds is 3. The molecule has 0 bridgehead atoms. The van der Waals surface area contributed by atoms with Crippen LogP contribution in [0.4, 0.5) is 0 Å². The summed E-state index contributed by atoms with van der Waals surface area (Å²) < 4.78 is 10.6. The zero-order chi connectivity index (χ0) is 14.1. The number of nitrogens with zero attached hydrogens (tertiary/aromatic N) is 2. The van der Waals surface area contributed by atoms with Gasteiger partial charge >= 0.3 is 0 Å². The Morgan fingerprint density at radius 2 is 1.70 bits per heavy atom. The van der Waals surface area contributed by atoms with Crippen molar-refractivity contribution in [1.29, 1.82) is 0 Å². The predicted octanol–water partition coefficient (Wildman–Crippen LogP) is 3.96. The Morgan fingerprint density at radius 3 is 2.35 bits per heavy atom. The fraction of sp³-hybridized carbons (Fsp3) is 0.467. The van der Waals surface area contributed by atoms with Crippen LogP contribution in [0.3, 0.4) is 0 Å². The van der Waals surface area contributed by atoms with E-state index >= 15 is 0 Å². The minimum atomic E-state index is 0.435. The normalized spacial score (nSPS) is 15.8. The molecule has 3 rings (SSSR count). The molecule has 1 saturated carbocycles. The number of methoxy groups -OCH3 is 2. The van der Waals surface area contributed by atoms with E-state index in [1.165, 1.54) is 12.8 Å². The van der Waals surface area contributed by atoms with Gasteiger partial charge in [0.05, 0.1) is 19.7 Å². The smallest absolute Gasteiger partial charge is 0.162 e. The predicted molar refractivity (Wildman–Crippen MR) is 78.9 cm³/mol. The molecule has 0 spiro atoms. The summed E-state index contributed by atoms with van der Waals surface area (Å²) in [5.74, 6) is 2.59. The van der Waals surface area contributed by atoms with Gasteiger partial charge in [-0.2, -0.15) is 0 Å². The van der Waals surface area contributed by atoms with Gasteiger partial charge in [0.25, 0.3) is 0 Å². The molecular weight excluding hydrogens is 276 g/mol. The summed E-state index contributed by atoms with van der Waals surface area (Å²) in [6.45, 7) is 0. The number of benzene rings is 1. The van der Waals surface area contributed by atoms with Crippen molar-refractivity contribution in [3.05, 3.63) is 23.1 Å². The first-order chi connectivity index (χ1) is 9.72. The van der Waals surface area contributed by atoms with Gasteiger partial charge in [-0.3, -0.25) is 0 Å². The van der Waals surface area contributed by atoms with E-state index in [-0.39, 0.29) is 0 Å². The molecule has 0 unspecified atom stereocenters. The monoisotopic (exact) mass is 292 g/mol. The van der Waals surface area contributed by atoms with Crippen molar-refractivity contribution >= 4 is 22.5 Å². The van der Waals surface area contributed by atoms with Crippen LogP contribution in [0.5, 0.6) is 11.5 Å². The number of hydrogen-bond acceptors (Lipinski definition) is 4. The van der Waals surface area contributed by atoms with Crippen molar-refractivity contribution in [3.63, 3.8) is 0 Å². The fourth-order valence-corrected chi connectivity index (χ4v) is 3.04. The Hall–Kier alpha value is -1.55. The number of hydrogen-bond donors (Lipinski definition) is 0. The lowest BCUT2D eigenvalue weighted by Crippen LogP contribution is -2.02. The lowest BCUT2D eigenvalue weighted by Gasteiger charge is -2.12. The first-order valence-electron chi connectivity index (χ1n) is 6.82. The van der Waals surface area contributed by atoms with Crippen LogP contribution in [0.2, 0.25) is 5.15 Å². The van der Waals surface area contributed by atoms with Crippen LogP contribution in [0.25, 0.3) is 10.9 Å². The van der Waals surface area contributed by atoms with Crippen LogP contribution in [0, 0.1) is 0 Å². The average Bonchev–Trinajstić information content (AvgIpc) is 3.00. The molecule has 2 aromatic rings. The Balaban J connectivity index is 2.14. The molecule has 1 aliphatic carbocycles. The maximum atomic E-state index is 6.32. The van der Waals surface area contributed by atoms with Crippen LogP contribution in [0.15, 0.2) is 12.1 Å². The third-order valence-electron chi connectivity index (χ3n) is 3.89. The quantitative estimate of drug-likeness (QED) is 0.803. The van der Waals surface area contributed by atoms with Crippen LogP contribution in [0.1, 0.15) is 37.4 Å². The second-order valence-corrected chi connectivity index (χ2v) is 5.44. The van der Waals surface area contributed by atoms with Crippen molar-refractivity contribution in [2.75, 3.05) is 14.2 Å². The van der Waals surface area contributed by atoms with E-state index < -0.39 is 0 Å². The molecule has 1 aromatic heterocycles. The van der Waals surface area contributed by atoms with Crippen molar-refractivity contribution in [2.24, 2.45) is 0 Å². The van der Waals surface area contributed by atoms with E-state index in [9.17, 15) is 0 Å². The summed E-state index contributed by atoms with van der Waals surface area (Å²) in [5, 5.41) is 1.28. The van der Waals surface area contributed by atoms with E-state index in [4.69, 9.17) is 21.1 Å². The van der Waals surface area contributed by atoms with Crippen molar-refractivity contribution in [1.82, 2.24) is 9.97 Å². The molecule has 0 saturated heterocycles. The summed E-state index contributed by atoms with van der Waals surface area (Å²) in [7, 11) is 3.22. The third kappa shape index (κ3) is 2.29. The Kier molecular flexibility index (Phi) is 3.66. The highest BCUT2D eigenvalue weighted by Gasteiger charge is 2.21. The summed E-state index contributed by atoms with van der Waals surface area (Å²) in [4.78, 5) is 9.14. The first-order valence-corrected chi connectivity index (χ1v) is 7.20. The number of fused-ring (bicyclic) bond motifs is 1. The molecule has 1 aliphatic rings. The molecule has 20 heavy (non-hydrogen) atoms. The van der Waals surface area contributed by atoms with Gasteiger partial charge in [-0.15, -0.1) is 0 Å². The van der Waals surface area contributed by atoms with Gasteiger partial charge in [-0.05, 0) is 18.9 Å². The van der Waals surface area contributed by atoms with Crippen LogP contribution < -0.4 is 9.47 Å². The molecule has 1 aromatic carbocycles. The molecule has 0 amide bonds. The lowest BCUT2D eigenvalue weighted by molar-refractivity contribution is 0.355. The van der Waals surface area contributed by atoms with Crippen LogP contribution in [-0.4, -0.2) is 24.2 Å². The topological polar surface area (TPSA) is 44.2 Å². The second-order valence-electron chi connectivity index (χ2n) is 5.08. The maximum Gasteiger partial charge on any atom is 0.162 e. The van der Waals surface area contributed by atoms with Crippen LogP contribution in [-0.2, 0) is 0 Å². The Bertz CT molecular complexity index is 639. The van der Waals surface area contributed by atoms with Gasteiger partial charge < -0.3 is 9.47 Å². The minimum Gasteiger partial charge on any atom is -0.493 e. The van der Waals surface area contributed by atoms with E-state index in [0.29, 0.717) is 22.6 Å². The van der Waals surface area contributed by atoms with E-state index in [1.807, 2.05) is 12.1 Å². The SMILES string of the molecule is COc1cc2nc(C3CCCC3)nc(Cl)c2cc1OC. The van der Waals surface area contributed by atoms with Gasteiger partial charge in [0.1, 0.15) is 11.0 Å². The largest absolute Gasteiger partial charge is 0.493 e. The van der Waals surface area contributed by atoms with Gasteiger partial charge in [0.2, 0.25) is 0 Å². The van der Waals surface area contributed by atoms with Crippen molar-refractivity contribution in [3.8, 4) is 11.5 Å². The molecule has 1 heterocycles. The summed E-state index contributed by atoms with van der Waals surface area (Å²) in [5.41, 5.74) is 0.810. The average molecular weight is 293 g/mol. The molecule has 4 nitrogen and oxygen atoms in total. The van der Waals surface area contributed by atoms with Crippen LogP contribution >= 0.6 is 11.6 Å². The molecule has 106 valence electrons. The molecule has 0 aliphatic heterocycles. The minimum absolute atomic E-state index is 0.435. The number of ether oxygens (including phenoxy) is 2. The van der Waals surface area contributed by atoms with Gasteiger partial charge in [-0.25, -0.2) is 9.97 Å². The Morgan fingerprint density at radius 1 is 1.05 bits per heavy atom. The zero-order valence-electron chi connectivity index (χ0n) is 11.6. The summed E-state index contributed by atoms with van der Waals surface area (Å²) >= 11 is 6.32. The highest BCUT2D eigenvalue weighted by atomic mass is 35.5. The standard InChI is InChI=1S/C15H17ClN2O2/c1-19-12-7-10-11(8-13(12)20-2)17-15(18-14(10)16)9-5-3-4-6-9/h7-9H,3-6H2,1-2H3. The van der Waals surface area contributed by atoms with E-state index in [1.54, 1.807) is 14.2 Å². The Labute approximate surface area is 123 Å². The molecule has 0 N–H and O–H groups in total. The summed E-state index contributed by atoms with van der Waals surface area (Å²) in [6.07, 6.45) is 4.79. The number of aromatic nitrogens is 2. The molecule has 0 radical (unpaired) electrons. The lowest BCUT2D eigenvalue weighted by atomic mass is 10.1. The highest BCUT2D eigenvalue weighted by Crippen LogP contribution is 2.37. The number of halogens is 1. The summed E-state index contributed by atoms with van der Waals surface area (Å²) in [6, 6.07) is 3.69. The molecule has 5 heteroatoms. The zero-order valence-corrected chi connectivity index (χ0v) is 12.4. The van der Waals surface area contributed by atoms with E-state index in [0.717, 1.165) is 29.6 Å². The fourth-order valence-electron chi connectivity index (χ4n) is 2.80. The van der Waals surface area contributed by atoms with Gasteiger partial charge in [0.15, 0.2) is 11.5 Å². The molecule has 0 atom stereocenters. The molecule has 1 fully saturated rings. The second kappa shape index (κ2) is 5.44. The molecular formula is C15H17ClN2O2. The van der Waals surface area contributed by atoms with Gasteiger partial charge in [-0.1, -0.05) is 24.4 Å². The van der Waals surface area contributed by atoms with Gasteiger partial charge in [0, 0.05) is 17.4 Å². The van der Waals surface area contributed by atoms with Crippen molar-refractivity contribution in [2.45, 2.75) is 31.6 Å². The first kappa shape index (κ1) is 13.4. The van der Waals surface area contributed by atoms with Crippen molar-refractivity contribution < 1.29 is 9.47 Å². The maximum absolute atomic E-state index is 6.32. The third-order valence-corrected chi connectivity index (χ3v) is 4.18.